The minimum absolute atomic E-state index is 0.0831. The molecule has 5 unspecified atom stereocenters. The maximum atomic E-state index is 15.1. The topological polar surface area (TPSA) is 87.1 Å². The van der Waals surface area contributed by atoms with Crippen molar-refractivity contribution in [2.24, 2.45) is 5.92 Å². The molecule has 32 heavy (non-hydrogen) atoms. The number of fused-ring (bicyclic) bond motifs is 1. The SMILES string of the molecule is CN1CCC(n2cc(C3CC4C(CC3F)NNC4C(=O)Nc3cncc(F)c3)cn2)CC1. The van der Waals surface area contributed by atoms with Gasteiger partial charge in [0.25, 0.3) is 0 Å². The van der Waals surface area contributed by atoms with Gasteiger partial charge in [0.1, 0.15) is 18.0 Å². The zero-order chi connectivity index (χ0) is 22.2. The molecule has 0 radical (unpaired) electrons. The second kappa shape index (κ2) is 8.84. The Hall–Kier alpha value is -2.43. The summed E-state index contributed by atoms with van der Waals surface area (Å²) >= 11 is 0. The molecular formula is C22H29F2N7O. The molecule has 4 heterocycles. The number of halogens is 2. The molecule has 10 heteroatoms. The smallest absolute Gasteiger partial charge is 0.243 e. The van der Waals surface area contributed by atoms with Crippen LogP contribution in [-0.4, -0.2) is 64.0 Å². The number of amides is 1. The van der Waals surface area contributed by atoms with E-state index in [0.717, 1.165) is 37.7 Å². The fourth-order valence-electron chi connectivity index (χ4n) is 5.33. The van der Waals surface area contributed by atoms with Crippen LogP contribution in [0.5, 0.6) is 0 Å². The third-order valence-corrected chi connectivity index (χ3v) is 7.18. The summed E-state index contributed by atoms with van der Waals surface area (Å²) in [4.78, 5) is 18.9. The molecule has 5 atom stereocenters. The van der Waals surface area contributed by atoms with Gasteiger partial charge < -0.3 is 10.2 Å². The van der Waals surface area contributed by atoms with Crippen LogP contribution in [0, 0.1) is 11.7 Å². The summed E-state index contributed by atoms with van der Waals surface area (Å²) in [5, 5.41) is 7.27. The van der Waals surface area contributed by atoms with E-state index in [9.17, 15) is 9.18 Å². The lowest BCUT2D eigenvalue weighted by molar-refractivity contribution is -0.119. The predicted octanol–water partition coefficient (Wildman–Crippen LogP) is 2.00. The Morgan fingerprint density at radius 3 is 2.78 bits per heavy atom. The summed E-state index contributed by atoms with van der Waals surface area (Å²) in [5.74, 6) is -1.18. The van der Waals surface area contributed by atoms with Gasteiger partial charge in [0.15, 0.2) is 0 Å². The van der Waals surface area contributed by atoms with Gasteiger partial charge in [-0.3, -0.25) is 19.9 Å². The van der Waals surface area contributed by atoms with E-state index >= 15 is 4.39 Å². The van der Waals surface area contributed by atoms with E-state index in [1.54, 1.807) is 6.20 Å². The maximum Gasteiger partial charge on any atom is 0.243 e. The Bertz CT molecular complexity index is 961. The highest BCUT2D eigenvalue weighted by atomic mass is 19.1. The van der Waals surface area contributed by atoms with Gasteiger partial charge in [0, 0.05) is 30.1 Å². The van der Waals surface area contributed by atoms with E-state index in [1.165, 1.54) is 12.3 Å². The van der Waals surface area contributed by atoms with E-state index in [-0.39, 0.29) is 23.8 Å². The molecule has 0 aromatic carbocycles. The highest BCUT2D eigenvalue weighted by molar-refractivity contribution is 5.95. The summed E-state index contributed by atoms with van der Waals surface area (Å²) in [6.45, 7) is 2.07. The highest BCUT2D eigenvalue weighted by Crippen LogP contribution is 2.41. The first kappa shape index (κ1) is 21.4. The van der Waals surface area contributed by atoms with Gasteiger partial charge in [-0.2, -0.15) is 5.10 Å². The lowest BCUT2D eigenvalue weighted by Crippen LogP contribution is -2.43. The average molecular weight is 446 g/mol. The van der Waals surface area contributed by atoms with Crippen molar-refractivity contribution in [2.75, 3.05) is 25.5 Å². The quantitative estimate of drug-likeness (QED) is 0.668. The molecular weight excluding hydrogens is 416 g/mol. The van der Waals surface area contributed by atoms with Crippen molar-refractivity contribution in [1.29, 1.82) is 0 Å². The van der Waals surface area contributed by atoms with Gasteiger partial charge in [-0.05, 0) is 51.4 Å². The minimum Gasteiger partial charge on any atom is -0.323 e. The standard InChI is InChI=1S/C22H29F2N7O/c1-30-4-2-16(3-5-30)31-12-13(9-26-31)17-7-18-20(8-19(17)24)28-29-21(18)22(32)27-15-6-14(23)10-25-11-15/h6,9-12,16-21,28-29H,2-5,7-8H2,1H3,(H,27,32). The van der Waals surface area contributed by atoms with Crippen molar-refractivity contribution in [3.05, 3.63) is 42.2 Å². The number of piperidine rings is 1. The van der Waals surface area contributed by atoms with Crippen LogP contribution in [-0.2, 0) is 4.79 Å². The number of anilines is 1. The lowest BCUT2D eigenvalue weighted by Gasteiger charge is -2.35. The highest BCUT2D eigenvalue weighted by Gasteiger charge is 2.47. The number of pyridine rings is 1. The molecule has 1 amide bonds. The number of likely N-dealkylation sites (tertiary alicyclic amines) is 1. The van der Waals surface area contributed by atoms with Crippen LogP contribution >= 0.6 is 0 Å². The number of hydrazine groups is 1. The van der Waals surface area contributed by atoms with Gasteiger partial charge in [0.05, 0.1) is 30.3 Å². The van der Waals surface area contributed by atoms with Gasteiger partial charge in [-0.1, -0.05) is 0 Å². The van der Waals surface area contributed by atoms with Gasteiger partial charge in [-0.25, -0.2) is 14.2 Å². The Balaban J connectivity index is 1.28. The zero-order valence-electron chi connectivity index (χ0n) is 18.0. The second-order valence-electron chi connectivity index (χ2n) is 9.30. The third kappa shape index (κ3) is 4.26. The molecule has 0 bridgehead atoms. The second-order valence-corrected chi connectivity index (χ2v) is 9.30. The van der Waals surface area contributed by atoms with Crippen LogP contribution in [0.1, 0.15) is 43.2 Å². The number of hydrogen-bond acceptors (Lipinski definition) is 6. The third-order valence-electron chi connectivity index (χ3n) is 7.18. The van der Waals surface area contributed by atoms with Crippen LogP contribution in [0.4, 0.5) is 14.5 Å². The average Bonchev–Trinajstić information content (AvgIpc) is 3.41. The number of carbonyl (C=O) groups is 1. The van der Waals surface area contributed by atoms with E-state index in [1.807, 2.05) is 10.9 Å². The predicted molar refractivity (Wildman–Crippen MR) is 115 cm³/mol. The molecule has 8 nitrogen and oxygen atoms in total. The first-order valence-corrected chi connectivity index (χ1v) is 11.3. The van der Waals surface area contributed by atoms with Crippen molar-refractivity contribution >= 4 is 11.6 Å². The van der Waals surface area contributed by atoms with Crippen molar-refractivity contribution in [1.82, 2.24) is 30.5 Å². The van der Waals surface area contributed by atoms with Crippen LogP contribution in [0.3, 0.4) is 0 Å². The van der Waals surface area contributed by atoms with Crippen LogP contribution in [0.15, 0.2) is 30.9 Å². The number of aromatic nitrogens is 3. The molecule has 2 saturated heterocycles. The van der Waals surface area contributed by atoms with Crippen molar-refractivity contribution < 1.29 is 13.6 Å². The summed E-state index contributed by atoms with van der Waals surface area (Å²) in [5.41, 5.74) is 7.30. The van der Waals surface area contributed by atoms with Gasteiger partial charge in [0.2, 0.25) is 5.91 Å². The maximum absolute atomic E-state index is 15.1. The minimum atomic E-state index is -1.00. The zero-order valence-corrected chi connectivity index (χ0v) is 18.0. The first-order chi connectivity index (χ1) is 15.5. The van der Waals surface area contributed by atoms with Crippen LogP contribution in [0.2, 0.25) is 0 Å². The lowest BCUT2D eigenvalue weighted by atomic mass is 9.73. The summed E-state index contributed by atoms with van der Waals surface area (Å²) in [7, 11) is 2.12. The Kier molecular flexibility index (Phi) is 5.92. The Morgan fingerprint density at radius 1 is 1.19 bits per heavy atom. The molecule has 3 N–H and O–H groups in total. The molecule has 2 aromatic heterocycles. The summed E-state index contributed by atoms with van der Waals surface area (Å²) in [6.07, 6.45) is 8.20. The molecule has 0 spiro atoms. The number of nitrogens with zero attached hydrogens (tertiary/aromatic N) is 4. The number of rotatable bonds is 4. The molecule has 3 aliphatic rings. The normalized spacial score (nSPS) is 31.4. The number of nitrogens with one attached hydrogen (secondary N) is 3. The van der Waals surface area contributed by atoms with Crippen molar-refractivity contribution in [3.63, 3.8) is 0 Å². The Labute approximate surface area is 185 Å². The first-order valence-electron chi connectivity index (χ1n) is 11.3. The van der Waals surface area contributed by atoms with Gasteiger partial charge >= 0.3 is 0 Å². The summed E-state index contributed by atoms with van der Waals surface area (Å²) < 4.78 is 30.5. The largest absolute Gasteiger partial charge is 0.323 e. The van der Waals surface area contributed by atoms with E-state index in [2.05, 4.69) is 38.2 Å². The van der Waals surface area contributed by atoms with E-state index in [4.69, 9.17) is 0 Å². The monoisotopic (exact) mass is 445 g/mol. The molecule has 2 aromatic rings. The van der Waals surface area contributed by atoms with E-state index < -0.39 is 18.0 Å². The van der Waals surface area contributed by atoms with Crippen LogP contribution < -0.4 is 16.2 Å². The van der Waals surface area contributed by atoms with Crippen molar-refractivity contribution in [2.45, 2.75) is 55.9 Å². The van der Waals surface area contributed by atoms with Crippen LogP contribution in [0.25, 0.3) is 0 Å². The molecule has 172 valence electrons. The molecule has 1 saturated carbocycles. The molecule has 2 aliphatic heterocycles. The summed E-state index contributed by atoms with van der Waals surface area (Å²) in [6, 6.07) is 0.903. The fraction of sp³-hybridized carbons (Fsp3) is 0.591. The molecule has 1 aliphatic carbocycles. The molecule has 3 fully saturated rings. The van der Waals surface area contributed by atoms with Crippen molar-refractivity contribution in [3.8, 4) is 0 Å². The van der Waals surface area contributed by atoms with E-state index in [0.29, 0.717) is 24.6 Å². The number of hydrogen-bond donors (Lipinski definition) is 3. The number of alkyl halides is 1. The number of carbonyl (C=O) groups excluding carboxylic acids is 1. The fourth-order valence-corrected chi connectivity index (χ4v) is 5.33. The Morgan fingerprint density at radius 2 is 2.00 bits per heavy atom. The molecule has 5 rings (SSSR count). The van der Waals surface area contributed by atoms with Gasteiger partial charge in [-0.15, -0.1) is 0 Å².